The van der Waals surface area contributed by atoms with E-state index < -0.39 is 30.1 Å². The summed E-state index contributed by atoms with van der Waals surface area (Å²) in [6.07, 6.45) is 2.96. The molecule has 2 amide bonds. The number of ether oxygens (including phenoxy) is 1. The van der Waals surface area contributed by atoms with E-state index in [1.165, 1.54) is 0 Å². The van der Waals surface area contributed by atoms with Gasteiger partial charge in [-0.2, -0.15) is 0 Å². The van der Waals surface area contributed by atoms with Crippen molar-refractivity contribution in [1.82, 2.24) is 20.6 Å². The van der Waals surface area contributed by atoms with Crippen molar-refractivity contribution in [1.29, 1.82) is 0 Å². The van der Waals surface area contributed by atoms with Gasteiger partial charge in [-0.05, 0) is 28.8 Å². The minimum Gasteiger partial charge on any atom is -0.480 e. The number of aromatic amines is 2. The Morgan fingerprint density at radius 1 is 0.762 bits per heavy atom. The van der Waals surface area contributed by atoms with Crippen molar-refractivity contribution in [3.05, 3.63) is 108 Å². The number of H-pyrrole nitrogens is 2. The number of aromatic nitrogens is 2. The van der Waals surface area contributed by atoms with Gasteiger partial charge in [0.1, 0.15) is 18.7 Å². The first-order chi connectivity index (χ1) is 19.0. The highest BCUT2D eigenvalue weighted by molar-refractivity contribution is 5.91. The van der Waals surface area contributed by atoms with Crippen molar-refractivity contribution in [2.75, 3.05) is 0 Å². The first kappa shape index (κ1) is 33.2. The zero-order chi connectivity index (χ0) is 27.2. The number of aliphatic carboxylic acids is 1. The van der Waals surface area contributed by atoms with Crippen molar-refractivity contribution < 1.29 is 30.4 Å². The van der Waals surface area contributed by atoms with Gasteiger partial charge >= 0.3 is 12.1 Å². The molecular weight excluding hydrogens is 538 g/mol. The SMILES string of the molecule is C.F.O=C(NC(Cc1c[nH]c2ccccc12)C(=O)NC(Cc1c[nH]c2ccccc12)C(=O)O)OCc1ccccc1.[2HH].[B]. The van der Waals surface area contributed by atoms with Crippen LogP contribution in [0.15, 0.2) is 91.3 Å². The minimum atomic E-state index is -1.20. The third-order valence-corrected chi connectivity index (χ3v) is 6.63. The molecule has 3 aromatic carbocycles. The van der Waals surface area contributed by atoms with Gasteiger partial charge in [0.25, 0.3) is 0 Å². The Hall–Kier alpha value is -5.06. The van der Waals surface area contributed by atoms with E-state index in [-0.39, 0.29) is 41.4 Å². The maximum atomic E-state index is 13.5. The molecule has 9 nitrogen and oxygen atoms in total. The van der Waals surface area contributed by atoms with Crippen LogP contribution in [0.2, 0.25) is 0 Å². The Bertz CT molecular complexity index is 1630. The number of para-hydroxylation sites is 2. The van der Waals surface area contributed by atoms with E-state index in [9.17, 15) is 19.5 Å². The van der Waals surface area contributed by atoms with E-state index in [1.54, 1.807) is 12.4 Å². The molecule has 0 spiro atoms. The summed E-state index contributed by atoms with van der Waals surface area (Å²) in [5.41, 5.74) is 4.14. The summed E-state index contributed by atoms with van der Waals surface area (Å²) in [6, 6.07) is 22.1. The Morgan fingerprint density at radius 2 is 1.26 bits per heavy atom. The van der Waals surface area contributed by atoms with Crippen molar-refractivity contribution in [2.45, 2.75) is 39.0 Å². The smallest absolute Gasteiger partial charge is 0.408 e. The molecule has 5 aromatic rings. The first-order valence-electron chi connectivity index (χ1n) is 12.6. The van der Waals surface area contributed by atoms with Gasteiger partial charge in [0.05, 0.1) is 0 Å². The molecule has 0 aliphatic rings. The number of halogens is 1. The molecule has 0 saturated carbocycles. The van der Waals surface area contributed by atoms with Crippen LogP contribution in [0.1, 0.15) is 25.5 Å². The Labute approximate surface area is 246 Å². The van der Waals surface area contributed by atoms with Crippen LogP contribution in [0, 0.1) is 0 Å². The molecule has 0 saturated heterocycles. The van der Waals surface area contributed by atoms with E-state index in [0.29, 0.717) is 0 Å². The predicted octanol–water partition coefficient (Wildman–Crippen LogP) is 4.95. The average molecular weight is 574 g/mol. The summed E-state index contributed by atoms with van der Waals surface area (Å²) in [6.45, 7) is 0.0341. The quantitative estimate of drug-likeness (QED) is 0.150. The molecule has 3 radical (unpaired) electrons. The van der Waals surface area contributed by atoms with Gasteiger partial charge in [-0.1, -0.05) is 74.2 Å². The lowest BCUT2D eigenvalue weighted by molar-refractivity contribution is -0.142. The lowest BCUT2D eigenvalue weighted by Crippen LogP contribution is -2.53. The number of carbonyl (C=O) groups is 3. The summed E-state index contributed by atoms with van der Waals surface area (Å²) in [5.74, 6) is -1.80. The highest BCUT2D eigenvalue weighted by Crippen LogP contribution is 2.21. The summed E-state index contributed by atoms with van der Waals surface area (Å²) in [4.78, 5) is 44.6. The molecule has 5 rings (SSSR count). The normalized spacial score (nSPS) is 11.7. The number of alkyl carbamates (subject to hydrolysis) is 1. The van der Waals surface area contributed by atoms with E-state index in [1.807, 2.05) is 78.9 Å². The van der Waals surface area contributed by atoms with Crippen LogP contribution in [0.3, 0.4) is 0 Å². The van der Waals surface area contributed by atoms with Gasteiger partial charge in [-0.25, -0.2) is 9.59 Å². The third-order valence-electron chi connectivity index (χ3n) is 6.63. The lowest BCUT2D eigenvalue weighted by atomic mass is 10.0. The molecule has 2 unspecified atom stereocenters. The topological polar surface area (TPSA) is 136 Å². The Morgan fingerprint density at radius 3 is 1.81 bits per heavy atom. The summed E-state index contributed by atoms with van der Waals surface area (Å²) in [5, 5.41) is 17.0. The number of carboxylic acid groups (broad SMARTS) is 1. The number of benzene rings is 3. The number of carbonyl (C=O) groups excluding carboxylic acids is 2. The fourth-order valence-electron chi connectivity index (χ4n) is 4.63. The van der Waals surface area contributed by atoms with Gasteiger partial charge in [0.2, 0.25) is 5.91 Å². The van der Waals surface area contributed by atoms with E-state index in [0.717, 1.165) is 38.5 Å². The van der Waals surface area contributed by atoms with Crippen LogP contribution in [0.25, 0.3) is 21.8 Å². The minimum absolute atomic E-state index is 0. The lowest BCUT2D eigenvalue weighted by Gasteiger charge is -2.21. The first-order valence-corrected chi connectivity index (χ1v) is 12.6. The second-order valence-corrected chi connectivity index (χ2v) is 9.29. The highest BCUT2D eigenvalue weighted by Gasteiger charge is 2.28. The molecule has 11 heteroatoms. The van der Waals surface area contributed by atoms with Crippen LogP contribution in [0.5, 0.6) is 0 Å². The molecule has 5 N–H and O–H groups in total. The molecule has 0 aliphatic carbocycles. The van der Waals surface area contributed by atoms with Crippen molar-refractivity contribution in [3.63, 3.8) is 0 Å². The molecule has 2 atom stereocenters. The van der Waals surface area contributed by atoms with Crippen LogP contribution >= 0.6 is 0 Å². The van der Waals surface area contributed by atoms with E-state index in [2.05, 4.69) is 20.6 Å². The van der Waals surface area contributed by atoms with Crippen molar-refractivity contribution in [2.24, 2.45) is 0 Å². The molecule has 2 aromatic heterocycles. The fourth-order valence-corrected chi connectivity index (χ4v) is 4.63. The number of amides is 2. The van der Waals surface area contributed by atoms with Crippen LogP contribution < -0.4 is 10.6 Å². The summed E-state index contributed by atoms with van der Waals surface area (Å²) < 4.78 is 5.34. The molecular formula is C31H35BFN4O5. The van der Waals surface area contributed by atoms with Crippen LogP contribution in [-0.2, 0) is 33.8 Å². The Kier molecular flexibility index (Phi) is 11.9. The molecule has 0 bridgehead atoms. The maximum absolute atomic E-state index is 13.5. The van der Waals surface area contributed by atoms with Crippen LogP contribution in [-0.4, -0.2) is 53.5 Å². The molecule has 0 aliphatic heterocycles. The van der Waals surface area contributed by atoms with Crippen LogP contribution in [0.4, 0.5) is 9.50 Å². The number of hydrogen-bond acceptors (Lipinski definition) is 4. The maximum Gasteiger partial charge on any atom is 0.408 e. The standard InChI is InChI=1S/C30H28N4O5.CH4.B.FH.H2/c35-28(33-27(29(36)37)15-21-17-32-25-13-7-5-11-23(21)25)26(14-20-16-31-24-12-6-4-10-22(20)24)34-30(38)39-18-19-8-2-1-3-9-19;;;;/h1-13,16-17,26-27,31-32H,14-15,18H2,(H,33,35)(H,34,38)(H,36,37);1H4;;2*1H/i;;;;1+1. The van der Waals surface area contributed by atoms with Gasteiger partial charge in [0.15, 0.2) is 0 Å². The van der Waals surface area contributed by atoms with Crippen molar-refractivity contribution in [3.8, 4) is 0 Å². The molecule has 0 fully saturated rings. The molecule has 2 heterocycles. The number of nitrogens with one attached hydrogen (secondary N) is 4. The Balaban J connectivity index is 0.00000231. The number of fused-ring (bicyclic) bond motifs is 2. The fraction of sp³-hybridized carbons (Fsp3) is 0.194. The third kappa shape index (κ3) is 7.78. The largest absolute Gasteiger partial charge is 0.480 e. The monoisotopic (exact) mass is 574 g/mol. The van der Waals surface area contributed by atoms with Crippen molar-refractivity contribution >= 4 is 48.2 Å². The average Bonchev–Trinajstić information content (AvgIpc) is 3.56. The summed E-state index contributed by atoms with van der Waals surface area (Å²) >= 11 is 0. The second-order valence-electron chi connectivity index (χ2n) is 9.29. The van der Waals surface area contributed by atoms with Gasteiger partial charge in [0, 0.05) is 56.9 Å². The number of carboxylic acids is 1. The summed E-state index contributed by atoms with van der Waals surface area (Å²) in [7, 11) is 0. The molecule has 42 heavy (non-hydrogen) atoms. The van der Waals surface area contributed by atoms with Gasteiger partial charge < -0.3 is 30.4 Å². The zero-order valence-electron chi connectivity index (χ0n) is 22.0. The van der Waals surface area contributed by atoms with E-state index in [4.69, 9.17) is 4.74 Å². The van der Waals surface area contributed by atoms with E-state index >= 15 is 0 Å². The zero-order valence-corrected chi connectivity index (χ0v) is 22.0. The van der Waals surface area contributed by atoms with Gasteiger partial charge in [-0.3, -0.25) is 9.50 Å². The van der Waals surface area contributed by atoms with Gasteiger partial charge in [-0.15, -0.1) is 0 Å². The molecule has 219 valence electrons. The number of rotatable bonds is 10. The number of hydrogen-bond donors (Lipinski definition) is 5. The predicted molar refractivity (Wildman–Crippen MR) is 164 cm³/mol. The second kappa shape index (κ2) is 15.1. The highest BCUT2D eigenvalue weighted by atomic mass is 19.0.